The van der Waals surface area contributed by atoms with E-state index in [0.717, 1.165) is 24.8 Å². The van der Waals surface area contributed by atoms with Crippen LogP contribution < -0.4 is 10.6 Å². The molecular weight excluding hydrogens is 406 g/mol. The summed E-state index contributed by atoms with van der Waals surface area (Å²) in [5, 5.41) is 5.78. The summed E-state index contributed by atoms with van der Waals surface area (Å²) >= 11 is 0. The Bertz CT molecular complexity index is 925. The first-order chi connectivity index (χ1) is 15.5. The van der Waals surface area contributed by atoms with E-state index in [4.69, 9.17) is 4.74 Å². The fourth-order valence-corrected chi connectivity index (χ4v) is 3.73. The van der Waals surface area contributed by atoms with Gasteiger partial charge in [-0.2, -0.15) is 0 Å². The van der Waals surface area contributed by atoms with Crippen LogP contribution in [0.3, 0.4) is 0 Å². The van der Waals surface area contributed by atoms with Crippen molar-refractivity contribution in [3.8, 4) is 0 Å². The molecule has 0 saturated carbocycles. The van der Waals surface area contributed by atoms with Gasteiger partial charge in [0.15, 0.2) is 0 Å². The van der Waals surface area contributed by atoms with Crippen molar-refractivity contribution in [2.75, 3.05) is 38.7 Å². The zero-order valence-electron chi connectivity index (χ0n) is 18.7. The SMILES string of the molecule is COCCCNC(=O)C1CCCN(C(=O)c2ccc(NC(=O)c3ccc(C)cc3)cc2)C1. The van der Waals surface area contributed by atoms with Crippen molar-refractivity contribution in [3.63, 3.8) is 0 Å². The van der Waals surface area contributed by atoms with Crippen molar-refractivity contribution < 1.29 is 19.1 Å². The Morgan fingerprint density at radius 3 is 2.41 bits per heavy atom. The summed E-state index contributed by atoms with van der Waals surface area (Å²) in [6.45, 7) is 4.21. The fourth-order valence-electron chi connectivity index (χ4n) is 3.73. The third-order valence-corrected chi connectivity index (χ3v) is 5.61. The second-order valence-electron chi connectivity index (χ2n) is 8.13. The van der Waals surface area contributed by atoms with Gasteiger partial charge in [0.1, 0.15) is 0 Å². The van der Waals surface area contributed by atoms with Gasteiger partial charge in [-0.15, -0.1) is 0 Å². The molecule has 1 atom stereocenters. The molecular formula is C25H31N3O4. The molecule has 1 fully saturated rings. The standard InChI is InChI=1S/C25H31N3O4/c1-18-6-8-19(9-7-18)24(30)27-22-12-10-20(11-13-22)25(31)28-15-3-5-21(17-28)23(29)26-14-4-16-32-2/h6-13,21H,3-5,14-17H2,1-2H3,(H,26,29)(H,27,30). The normalized spacial score (nSPS) is 15.8. The molecule has 1 aliphatic heterocycles. The zero-order valence-corrected chi connectivity index (χ0v) is 18.7. The van der Waals surface area contributed by atoms with Gasteiger partial charge in [0.05, 0.1) is 5.92 Å². The zero-order chi connectivity index (χ0) is 22.9. The number of nitrogens with one attached hydrogen (secondary N) is 2. The topological polar surface area (TPSA) is 87.7 Å². The van der Waals surface area contributed by atoms with Crippen LogP contribution in [0.25, 0.3) is 0 Å². The summed E-state index contributed by atoms with van der Waals surface area (Å²) in [4.78, 5) is 39.5. The number of carbonyl (C=O) groups excluding carboxylic acids is 3. The monoisotopic (exact) mass is 437 g/mol. The number of likely N-dealkylation sites (tertiary alicyclic amines) is 1. The Labute approximate surface area is 189 Å². The molecule has 170 valence electrons. The maximum Gasteiger partial charge on any atom is 0.255 e. The molecule has 7 nitrogen and oxygen atoms in total. The number of hydrogen-bond donors (Lipinski definition) is 2. The molecule has 7 heteroatoms. The number of nitrogens with zero attached hydrogens (tertiary/aromatic N) is 1. The highest BCUT2D eigenvalue weighted by Crippen LogP contribution is 2.20. The summed E-state index contributed by atoms with van der Waals surface area (Å²) in [6, 6.07) is 14.2. The number of amides is 3. The Balaban J connectivity index is 1.54. The summed E-state index contributed by atoms with van der Waals surface area (Å²) in [6.07, 6.45) is 2.35. The minimum atomic E-state index is -0.195. The van der Waals surface area contributed by atoms with Gasteiger partial charge in [0.25, 0.3) is 11.8 Å². The van der Waals surface area contributed by atoms with Crippen molar-refractivity contribution >= 4 is 23.4 Å². The van der Waals surface area contributed by atoms with E-state index in [0.29, 0.717) is 43.1 Å². The van der Waals surface area contributed by atoms with Crippen LogP contribution in [0.1, 0.15) is 45.5 Å². The lowest BCUT2D eigenvalue weighted by atomic mass is 9.96. The molecule has 2 aromatic carbocycles. The van der Waals surface area contributed by atoms with E-state index in [9.17, 15) is 14.4 Å². The van der Waals surface area contributed by atoms with Gasteiger partial charge in [-0.1, -0.05) is 17.7 Å². The molecule has 1 aliphatic rings. The molecule has 0 radical (unpaired) electrons. The molecule has 3 amide bonds. The van der Waals surface area contributed by atoms with Crippen LogP contribution in [0.5, 0.6) is 0 Å². The first-order valence-corrected chi connectivity index (χ1v) is 11.0. The fraction of sp³-hybridized carbons (Fsp3) is 0.400. The minimum absolute atomic E-state index is 0.00670. The number of aryl methyl sites for hydroxylation is 1. The average Bonchev–Trinajstić information content (AvgIpc) is 2.82. The minimum Gasteiger partial charge on any atom is -0.385 e. The first kappa shape index (κ1) is 23.5. The van der Waals surface area contributed by atoms with Crippen LogP contribution in [0.15, 0.2) is 48.5 Å². The highest BCUT2D eigenvalue weighted by atomic mass is 16.5. The highest BCUT2D eigenvalue weighted by molar-refractivity contribution is 6.04. The van der Waals surface area contributed by atoms with Crippen LogP contribution in [0.2, 0.25) is 0 Å². The molecule has 0 aromatic heterocycles. The third kappa shape index (κ3) is 6.40. The van der Waals surface area contributed by atoms with Gasteiger partial charge in [0.2, 0.25) is 5.91 Å². The highest BCUT2D eigenvalue weighted by Gasteiger charge is 2.28. The number of piperidine rings is 1. The van der Waals surface area contributed by atoms with Gasteiger partial charge < -0.3 is 20.3 Å². The van der Waals surface area contributed by atoms with Crippen LogP contribution in [-0.4, -0.2) is 56.0 Å². The number of methoxy groups -OCH3 is 1. The quantitative estimate of drug-likeness (QED) is 0.621. The number of anilines is 1. The Morgan fingerprint density at radius 1 is 1.03 bits per heavy atom. The van der Waals surface area contributed by atoms with E-state index in [1.54, 1.807) is 48.4 Å². The number of carbonyl (C=O) groups is 3. The van der Waals surface area contributed by atoms with E-state index in [1.807, 2.05) is 19.1 Å². The van der Waals surface area contributed by atoms with Gasteiger partial charge in [-0.3, -0.25) is 14.4 Å². The van der Waals surface area contributed by atoms with Crippen LogP contribution in [-0.2, 0) is 9.53 Å². The first-order valence-electron chi connectivity index (χ1n) is 11.0. The van der Waals surface area contributed by atoms with Crippen molar-refractivity contribution in [1.29, 1.82) is 0 Å². The van der Waals surface area contributed by atoms with E-state index in [2.05, 4.69) is 10.6 Å². The lowest BCUT2D eigenvalue weighted by Crippen LogP contribution is -2.45. The van der Waals surface area contributed by atoms with Crippen molar-refractivity contribution in [1.82, 2.24) is 10.2 Å². The molecule has 32 heavy (non-hydrogen) atoms. The van der Waals surface area contributed by atoms with Crippen molar-refractivity contribution in [2.24, 2.45) is 5.92 Å². The van der Waals surface area contributed by atoms with Crippen molar-refractivity contribution in [2.45, 2.75) is 26.2 Å². The summed E-state index contributed by atoms with van der Waals surface area (Å²) in [7, 11) is 1.64. The second-order valence-corrected chi connectivity index (χ2v) is 8.13. The lowest BCUT2D eigenvalue weighted by molar-refractivity contribution is -0.126. The maximum atomic E-state index is 12.9. The third-order valence-electron chi connectivity index (χ3n) is 5.61. The molecule has 1 unspecified atom stereocenters. The van der Waals surface area contributed by atoms with Gasteiger partial charge in [-0.25, -0.2) is 0 Å². The number of rotatable bonds is 8. The number of hydrogen-bond acceptors (Lipinski definition) is 4. The summed E-state index contributed by atoms with van der Waals surface area (Å²) < 4.78 is 5.00. The van der Waals surface area contributed by atoms with Gasteiger partial charge in [-0.05, 0) is 62.6 Å². The summed E-state index contributed by atoms with van der Waals surface area (Å²) in [5.74, 6) is -0.492. The number of ether oxygens (including phenoxy) is 1. The molecule has 2 N–H and O–H groups in total. The van der Waals surface area contributed by atoms with Crippen LogP contribution in [0.4, 0.5) is 5.69 Å². The second kappa shape index (κ2) is 11.4. The van der Waals surface area contributed by atoms with Gasteiger partial charge in [0, 0.05) is 50.2 Å². The largest absolute Gasteiger partial charge is 0.385 e. The van der Waals surface area contributed by atoms with E-state index in [-0.39, 0.29) is 23.6 Å². The van der Waals surface area contributed by atoms with E-state index < -0.39 is 0 Å². The molecule has 1 heterocycles. The maximum absolute atomic E-state index is 12.9. The molecule has 0 bridgehead atoms. The molecule has 0 spiro atoms. The lowest BCUT2D eigenvalue weighted by Gasteiger charge is -2.32. The predicted molar refractivity (Wildman–Crippen MR) is 124 cm³/mol. The summed E-state index contributed by atoms with van der Waals surface area (Å²) in [5.41, 5.74) is 2.84. The smallest absolute Gasteiger partial charge is 0.255 e. The molecule has 0 aliphatic carbocycles. The van der Waals surface area contributed by atoms with Crippen LogP contribution in [0, 0.1) is 12.8 Å². The van der Waals surface area contributed by atoms with Gasteiger partial charge >= 0.3 is 0 Å². The predicted octanol–water partition coefficient (Wildman–Crippen LogP) is 3.25. The number of benzene rings is 2. The Hall–Kier alpha value is -3.19. The van der Waals surface area contributed by atoms with Crippen LogP contribution >= 0.6 is 0 Å². The van der Waals surface area contributed by atoms with E-state index >= 15 is 0 Å². The molecule has 2 aromatic rings. The molecule has 3 rings (SSSR count). The van der Waals surface area contributed by atoms with E-state index in [1.165, 1.54) is 0 Å². The Morgan fingerprint density at radius 2 is 1.72 bits per heavy atom. The average molecular weight is 438 g/mol. The van der Waals surface area contributed by atoms with Crippen molar-refractivity contribution in [3.05, 3.63) is 65.2 Å². The molecule has 1 saturated heterocycles. The Kier molecular flexibility index (Phi) is 8.39.